The predicted molar refractivity (Wildman–Crippen MR) is 68.3 cm³/mol. The number of aromatic nitrogens is 1. The normalized spacial score (nSPS) is 12.6. The minimum Gasteiger partial charge on any atom is -0.408 e. The number of hydrogen-bond acceptors (Lipinski definition) is 4. The van der Waals surface area contributed by atoms with E-state index in [2.05, 4.69) is 10.3 Å². The summed E-state index contributed by atoms with van der Waals surface area (Å²) in [6.45, 7) is 2.29. The van der Waals surface area contributed by atoms with Gasteiger partial charge in [0.1, 0.15) is 0 Å². The lowest BCUT2D eigenvalue weighted by atomic mass is 10.1. The molecule has 0 radical (unpaired) electrons. The quantitative estimate of drug-likeness (QED) is 0.753. The van der Waals surface area contributed by atoms with Gasteiger partial charge in [-0.1, -0.05) is 6.92 Å². The van der Waals surface area contributed by atoms with E-state index in [1.165, 1.54) is 0 Å². The number of hydrogen-bond donors (Lipinski definition) is 3. The van der Waals surface area contributed by atoms with E-state index in [4.69, 9.17) is 10.2 Å². The summed E-state index contributed by atoms with van der Waals surface area (Å²) in [4.78, 5) is 25.3. The van der Waals surface area contributed by atoms with Crippen LogP contribution in [-0.2, 0) is 4.79 Å². The largest absolute Gasteiger partial charge is 0.417 e. The van der Waals surface area contributed by atoms with Crippen molar-refractivity contribution in [3.63, 3.8) is 0 Å². The van der Waals surface area contributed by atoms with Crippen molar-refractivity contribution in [2.45, 2.75) is 13.3 Å². The molecule has 0 bridgehead atoms. The van der Waals surface area contributed by atoms with Crippen molar-refractivity contribution in [3.05, 3.63) is 28.7 Å². The maximum Gasteiger partial charge on any atom is 0.417 e. The van der Waals surface area contributed by atoms with Gasteiger partial charge >= 0.3 is 5.76 Å². The zero-order chi connectivity index (χ0) is 13.1. The topological polar surface area (TPSA) is 101 Å². The van der Waals surface area contributed by atoms with Crippen LogP contribution in [0.3, 0.4) is 0 Å². The molecule has 96 valence electrons. The molecule has 0 spiro atoms. The van der Waals surface area contributed by atoms with Gasteiger partial charge in [-0.2, -0.15) is 0 Å². The van der Waals surface area contributed by atoms with Crippen LogP contribution in [0.4, 0.5) is 5.69 Å². The van der Waals surface area contributed by atoms with Gasteiger partial charge in [0.25, 0.3) is 0 Å². The Morgan fingerprint density at radius 2 is 2.33 bits per heavy atom. The average molecular weight is 249 g/mol. The van der Waals surface area contributed by atoms with Crippen molar-refractivity contribution in [2.75, 3.05) is 11.9 Å². The van der Waals surface area contributed by atoms with E-state index in [1.54, 1.807) is 18.2 Å². The van der Waals surface area contributed by atoms with Gasteiger partial charge in [0.2, 0.25) is 5.91 Å². The van der Waals surface area contributed by atoms with Gasteiger partial charge in [-0.05, 0) is 31.2 Å². The molecule has 0 aliphatic heterocycles. The van der Waals surface area contributed by atoms with Crippen molar-refractivity contribution in [2.24, 2.45) is 11.7 Å². The van der Waals surface area contributed by atoms with Crippen LogP contribution in [0.25, 0.3) is 11.1 Å². The Hall–Kier alpha value is -2.08. The molecule has 0 saturated heterocycles. The highest BCUT2D eigenvalue weighted by atomic mass is 16.4. The summed E-state index contributed by atoms with van der Waals surface area (Å²) < 4.78 is 4.87. The number of amides is 1. The van der Waals surface area contributed by atoms with E-state index in [9.17, 15) is 9.59 Å². The second kappa shape index (κ2) is 5.05. The zero-order valence-corrected chi connectivity index (χ0v) is 10.0. The van der Waals surface area contributed by atoms with Crippen LogP contribution in [0.2, 0.25) is 0 Å². The number of nitrogens with two attached hydrogens (primary N) is 1. The number of fused-ring (bicyclic) bond motifs is 1. The Balaban J connectivity index is 2.16. The maximum atomic E-state index is 11.8. The second-order valence-electron chi connectivity index (χ2n) is 4.19. The third kappa shape index (κ3) is 2.60. The standard InChI is InChI=1S/C12H15N3O3/c1-7(4-5-13)11(16)14-8-2-3-10-9(6-8)15-12(17)18-10/h2-3,6-7H,4-5,13H2,1H3,(H,14,16)(H,15,17). The number of carbonyl (C=O) groups excluding carboxylic acids is 1. The van der Waals surface area contributed by atoms with Gasteiger partial charge in [0.15, 0.2) is 5.58 Å². The number of nitrogens with one attached hydrogen (secondary N) is 2. The summed E-state index contributed by atoms with van der Waals surface area (Å²) in [5, 5.41) is 2.77. The van der Waals surface area contributed by atoms with Gasteiger partial charge in [-0.25, -0.2) is 4.79 Å². The number of H-pyrrole nitrogens is 1. The fourth-order valence-electron chi connectivity index (χ4n) is 1.68. The maximum absolute atomic E-state index is 11.8. The fourth-order valence-corrected chi connectivity index (χ4v) is 1.68. The molecule has 4 N–H and O–H groups in total. The van der Waals surface area contributed by atoms with Gasteiger partial charge in [-0.15, -0.1) is 0 Å². The molecule has 0 aliphatic rings. The Bertz CT molecular complexity index is 614. The van der Waals surface area contributed by atoms with Crippen molar-refractivity contribution in [3.8, 4) is 0 Å². The van der Waals surface area contributed by atoms with Gasteiger partial charge in [0, 0.05) is 11.6 Å². The second-order valence-corrected chi connectivity index (χ2v) is 4.19. The number of rotatable bonds is 4. The summed E-state index contributed by atoms with van der Waals surface area (Å²) in [7, 11) is 0. The van der Waals surface area contributed by atoms with Crippen molar-refractivity contribution in [1.82, 2.24) is 4.98 Å². The van der Waals surface area contributed by atoms with Crippen LogP contribution in [-0.4, -0.2) is 17.4 Å². The third-order valence-electron chi connectivity index (χ3n) is 2.73. The van der Waals surface area contributed by atoms with Crippen LogP contribution in [0.1, 0.15) is 13.3 Å². The summed E-state index contributed by atoms with van der Waals surface area (Å²) >= 11 is 0. The molecule has 1 atom stereocenters. The highest BCUT2D eigenvalue weighted by Crippen LogP contribution is 2.17. The van der Waals surface area contributed by atoms with Crippen LogP contribution in [0, 0.1) is 5.92 Å². The van der Waals surface area contributed by atoms with Crippen molar-refractivity contribution < 1.29 is 9.21 Å². The molecule has 6 nitrogen and oxygen atoms in total. The molecular weight excluding hydrogens is 234 g/mol. The van der Waals surface area contributed by atoms with Crippen molar-refractivity contribution >= 4 is 22.7 Å². The molecular formula is C12H15N3O3. The van der Waals surface area contributed by atoms with E-state index in [-0.39, 0.29) is 11.8 Å². The molecule has 1 unspecified atom stereocenters. The number of anilines is 1. The summed E-state index contributed by atoms with van der Waals surface area (Å²) in [5.74, 6) is -0.746. The number of carbonyl (C=O) groups is 1. The van der Waals surface area contributed by atoms with Crippen LogP contribution in [0.15, 0.2) is 27.4 Å². The average Bonchev–Trinajstić information content (AvgIpc) is 2.68. The summed E-state index contributed by atoms with van der Waals surface area (Å²) in [6.07, 6.45) is 0.636. The molecule has 18 heavy (non-hydrogen) atoms. The molecule has 0 saturated carbocycles. The summed E-state index contributed by atoms with van der Waals surface area (Å²) in [5.41, 5.74) is 7.05. The van der Waals surface area contributed by atoms with E-state index in [0.717, 1.165) is 0 Å². The Kier molecular flexibility index (Phi) is 3.47. The van der Waals surface area contributed by atoms with Crippen molar-refractivity contribution in [1.29, 1.82) is 0 Å². The van der Waals surface area contributed by atoms with Gasteiger partial charge in [-0.3, -0.25) is 9.78 Å². The highest BCUT2D eigenvalue weighted by Gasteiger charge is 2.12. The Morgan fingerprint density at radius 1 is 1.56 bits per heavy atom. The Labute approximate surface area is 103 Å². The van der Waals surface area contributed by atoms with E-state index in [0.29, 0.717) is 29.8 Å². The minimum atomic E-state index is -0.509. The first-order chi connectivity index (χ1) is 8.60. The molecule has 1 aromatic heterocycles. The third-order valence-corrected chi connectivity index (χ3v) is 2.73. The van der Waals surface area contributed by atoms with E-state index >= 15 is 0 Å². The lowest BCUT2D eigenvalue weighted by Crippen LogP contribution is -2.22. The highest BCUT2D eigenvalue weighted by molar-refractivity contribution is 5.94. The van der Waals surface area contributed by atoms with Gasteiger partial charge < -0.3 is 15.5 Å². The molecule has 2 aromatic rings. The lowest BCUT2D eigenvalue weighted by Gasteiger charge is -2.10. The molecule has 0 aliphatic carbocycles. The van der Waals surface area contributed by atoms with Crippen LogP contribution < -0.4 is 16.8 Å². The summed E-state index contributed by atoms with van der Waals surface area (Å²) in [6, 6.07) is 4.98. The minimum absolute atomic E-state index is 0.0920. The lowest BCUT2D eigenvalue weighted by molar-refractivity contribution is -0.119. The molecule has 2 rings (SSSR count). The van der Waals surface area contributed by atoms with Crippen LogP contribution in [0.5, 0.6) is 0 Å². The first-order valence-electron chi connectivity index (χ1n) is 5.74. The monoisotopic (exact) mass is 249 g/mol. The van der Waals surface area contributed by atoms with E-state index in [1.807, 2.05) is 6.92 Å². The predicted octanol–water partition coefficient (Wildman–Crippen LogP) is 1.04. The van der Waals surface area contributed by atoms with E-state index < -0.39 is 5.76 Å². The Morgan fingerprint density at radius 3 is 3.06 bits per heavy atom. The van der Waals surface area contributed by atoms with Crippen LogP contribution >= 0.6 is 0 Å². The number of aromatic amines is 1. The molecule has 1 heterocycles. The molecule has 1 amide bonds. The first kappa shape index (κ1) is 12.4. The molecule has 6 heteroatoms. The fraction of sp³-hybridized carbons (Fsp3) is 0.333. The SMILES string of the molecule is CC(CCN)C(=O)Nc1ccc2oc(=O)[nH]c2c1. The molecule has 0 fully saturated rings. The smallest absolute Gasteiger partial charge is 0.408 e. The number of benzene rings is 1. The molecule has 1 aromatic carbocycles. The number of oxazole rings is 1. The zero-order valence-electron chi connectivity index (χ0n) is 10.0. The van der Waals surface area contributed by atoms with Gasteiger partial charge in [0.05, 0.1) is 5.52 Å². The first-order valence-corrected chi connectivity index (χ1v) is 5.74.